The van der Waals surface area contributed by atoms with Gasteiger partial charge < -0.3 is 5.32 Å². The molecule has 4 heteroatoms. The number of carbonyl (C=O) groups excluding carboxylic acids is 1. The summed E-state index contributed by atoms with van der Waals surface area (Å²) in [4.78, 5) is 12.3. The van der Waals surface area contributed by atoms with Gasteiger partial charge in [0.2, 0.25) is 0 Å². The van der Waals surface area contributed by atoms with Gasteiger partial charge >= 0.3 is 0 Å². The number of carbonyl (C=O) groups is 1. The van der Waals surface area contributed by atoms with Crippen LogP contribution in [0.1, 0.15) is 21.5 Å². The van der Waals surface area contributed by atoms with Crippen molar-refractivity contribution in [3.8, 4) is 0 Å². The maximum Gasteiger partial charge on any atom is 0.258 e. The van der Waals surface area contributed by atoms with Gasteiger partial charge in [0.15, 0.2) is 0 Å². The lowest BCUT2D eigenvalue weighted by molar-refractivity contribution is 0.102. The van der Waals surface area contributed by atoms with E-state index in [1.54, 1.807) is 12.1 Å². The highest BCUT2D eigenvalue weighted by Gasteiger charge is 2.14. The summed E-state index contributed by atoms with van der Waals surface area (Å²) >= 11 is 0. The van der Waals surface area contributed by atoms with Gasteiger partial charge in [0, 0.05) is 5.69 Å². The molecule has 0 heterocycles. The van der Waals surface area contributed by atoms with Gasteiger partial charge in [-0.1, -0.05) is 48.5 Å². The highest BCUT2D eigenvalue weighted by Crippen LogP contribution is 2.20. The first-order valence-electron chi connectivity index (χ1n) is 7.52. The number of halogens is 2. The van der Waals surface area contributed by atoms with Crippen LogP contribution in [0.5, 0.6) is 0 Å². The van der Waals surface area contributed by atoms with E-state index in [4.69, 9.17) is 0 Å². The number of anilines is 1. The average Bonchev–Trinajstić information content (AvgIpc) is 2.59. The minimum absolute atomic E-state index is 0.315. The standard InChI is InChI=1S/C20H15F2NO/c21-16-10-11-18(22)17(13-16)20(24)23-19-9-5-4-8-15(19)12-14-6-2-1-3-7-14/h1-11,13H,12H2,(H,23,24). The number of hydrogen-bond acceptors (Lipinski definition) is 1. The molecule has 0 saturated heterocycles. The molecule has 120 valence electrons. The van der Waals surface area contributed by atoms with E-state index in [0.29, 0.717) is 12.1 Å². The average molecular weight is 323 g/mol. The van der Waals surface area contributed by atoms with E-state index in [-0.39, 0.29) is 5.56 Å². The van der Waals surface area contributed by atoms with E-state index in [9.17, 15) is 13.6 Å². The molecule has 0 unspecified atom stereocenters. The van der Waals surface area contributed by atoms with Gasteiger partial charge in [-0.05, 0) is 41.8 Å². The molecule has 0 aliphatic heterocycles. The molecule has 1 amide bonds. The summed E-state index contributed by atoms with van der Waals surface area (Å²) in [6, 6.07) is 19.9. The van der Waals surface area contributed by atoms with E-state index >= 15 is 0 Å². The lowest BCUT2D eigenvalue weighted by atomic mass is 10.0. The Labute approximate surface area is 138 Å². The number of benzene rings is 3. The predicted octanol–water partition coefficient (Wildman–Crippen LogP) is 4.81. The van der Waals surface area contributed by atoms with Crippen molar-refractivity contribution in [1.82, 2.24) is 0 Å². The van der Waals surface area contributed by atoms with E-state index in [0.717, 1.165) is 29.3 Å². The van der Waals surface area contributed by atoms with Crippen LogP contribution in [0.4, 0.5) is 14.5 Å². The third-order valence-electron chi connectivity index (χ3n) is 3.68. The Balaban J connectivity index is 1.85. The fraction of sp³-hybridized carbons (Fsp3) is 0.0500. The zero-order chi connectivity index (χ0) is 16.9. The van der Waals surface area contributed by atoms with Crippen LogP contribution in [0, 0.1) is 11.6 Å². The van der Waals surface area contributed by atoms with Crippen molar-refractivity contribution in [2.24, 2.45) is 0 Å². The van der Waals surface area contributed by atoms with E-state index in [1.165, 1.54) is 0 Å². The highest BCUT2D eigenvalue weighted by molar-refractivity contribution is 6.04. The minimum atomic E-state index is -0.755. The number of rotatable bonds is 4. The third-order valence-corrected chi connectivity index (χ3v) is 3.68. The molecule has 0 fully saturated rings. The quantitative estimate of drug-likeness (QED) is 0.733. The largest absolute Gasteiger partial charge is 0.322 e. The molecule has 3 aromatic carbocycles. The smallest absolute Gasteiger partial charge is 0.258 e. The van der Waals surface area contributed by atoms with Gasteiger partial charge in [-0.3, -0.25) is 4.79 Å². The summed E-state index contributed by atoms with van der Waals surface area (Å²) in [6.07, 6.45) is 0.628. The second-order valence-corrected chi connectivity index (χ2v) is 5.40. The zero-order valence-electron chi connectivity index (χ0n) is 12.8. The SMILES string of the molecule is O=C(Nc1ccccc1Cc1ccccc1)c1cc(F)ccc1F. The minimum Gasteiger partial charge on any atom is -0.322 e. The first-order chi connectivity index (χ1) is 11.6. The fourth-order valence-electron chi connectivity index (χ4n) is 2.47. The Bertz CT molecular complexity index is 863. The fourth-order valence-corrected chi connectivity index (χ4v) is 2.47. The first-order valence-corrected chi connectivity index (χ1v) is 7.52. The molecule has 3 rings (SSSR count). The summed E-state index contributed by atoms with van der Waals surface area (Å²) in [5.74, 6) is -2.08. The monoisotopic (exact) mass is 323 g/mol. The van der Waals surface area contributed by atoms with E-state index in [1.807, 2.05) is 42.5 Å². The molecule has 24 heavy (non-hydrogen) atoms. The molecule has 3 aromatic rings. The molecule has 0 saturated carbocycles. The Morgan fingerprint density at radius 2 is 1.58 bits per heavy atom. The molecule has 0 spiro atoms. The molecule has 0 bridgehead atoms. The number of nitrogens with one attached hydrogen (secondary N) is 1. The summed E-state index contributed by atoms with van der Waals surface area (Å²) in [5, 5.41) is 2.67. The second-order valence-electron chi connectivity index (χ2n) is 5.40. The molecule has 0 aliphatic carbocycles. The Hall–Kier alpha value is -3.01. The van der Waals surface area contributed by atoms with Crippen molar-refractivity contribution < 1.29 is 13.6 Å². The second kappa shape index (κ2) is 7.04. The van der Waals surface area contributed by atoms with Crippen LogP contribution in [0.2, 0.25) is 0 Å². The van der Waals surface area contributed by atoms with Gasteiger partial charge in [-0.15, -0.1) is 0 Å². The lowest BCUT2D eigenvalue weighted by Gasteiger charge is -2.12. The summed E-state index contributed by atoms with van der Waals surface area (Å²) in [6.45, 7) is 0. The Kier molecular flexibility index (Phi) is 4.66. The van der Waals surface area contributed by atoms with Crippen LogP contribution in [-0.2, 0) is 6.42 Å². The van der Waals surface area contributed by atoms with Crippen molar-refractivity contribution in [3.63, 3.8) is 0 Å². The molecule has 0 atom stereocenters. The lowest BCUT2D eigenvalue weighted by Crippen LogP contribution is -2.15. The summed E-state index contributed by atoms with van der Waals surface area (Å²) in [7, 11) is 0. The Morgan fingerprint density at radius 3 is 2.38 bits per heavy atom. The van der Waals surface area contributed by atoms with Gasteiger partial charge in [-0.2, -0.15) is 0 Å². The summed E-state index contributed by atoms with van der Waals surface area (Å²) < 4.78 is 27.0. The van der Waals surface area contributed by atoms with Crippen LogP contribution >= 0.6 is 0 Å². The van der Waals surface area contributed by atoms with Crippen molar-refractivity contribution >= 4 is 11.6 Å². The highest BCUT2D eigenvalue weighted by atomic mass is 19.1. The first kappa shape index (κ1) is 15.9. The van der Waals surface area contributed by atoms with Gasteiger partial charge in [-0.25, -0.2) is 8.78 Å². The van der Waals surface area contributed by atoms with Crippen molar-refractivity contribution in [1.29, 1.82) is 0 Å². The van der Waals surface area contributed by atoms with Crippen LogP contribution < -0.4 is 5.32 Å². The van der Waals surface area contributed by atoms with Crippen LogP contribution in [0.25, 0.3) is 0 Å². The van der Waals surface area contributed by atoms with Gasteiger partial charge in [0.05, 0.1) is 5.56 Å². The zero-order valence-corrected chi connectivity index (χ0v) is 12.8. The summed E-state index contributed by atoms with van der Waals surface area (Å²) in [5.41, 5.74) is 2.25. The van der Waals surface area contributed by atoms with Crippen molar-refractivity contribution in [3.05, 3.63) is 101 Å². The molecule has 0 aromatic heterocycles. The Morgan fingerprint density at radius 1 is 0.875 bits per heavy atom. The van der Waals surface area contributed by atoms with E-state index in [2.05, 4.69) is 5.32 Å². The van der Waals surface area contributed by atoms with E-state index < -0.39 is 17.5 Å². The molecule has 1 N–H and O–H groups in total. The number of hydrogen-bond donors (Lipinski definition) is 1. The molecule has 0 aliphatic rings. The predicted molar refractivity (Wildman–Crippen MR) is 90.0 cm³/mol. The number of amides is 1. The van der Waals surface area contributed by atoms with Crippen LogP contribution in [-0.4, -0.2) is 5.91 Å². The maximum atomic E-state index is 13.7. The normalized spacial score (nSPS) is 10.4. The third kappa shape index (κ3) is 3.66. The molecule has 0 radical (unpaired) electrons. The van der Waals surface area contributed by atoms with Crippen LogP contribution in [0.3, 0.4) is 0 Å². The van der Waals surface area contributed by atoms with Crippen molar-refractivity contribution in [2.75, 3.05) is 5.32 Å². The van der Waals surface area contributed by atoms with Crippen LogP contribution in [0.15, 0.2) is 72.8 Å². The van der Waals surface area contributed by atoms with Crippen molar-refractivity contribution in [2.45, 2.75) is 6.42 Å². The molecule has 2 nitrogen and oxygen atoms in total. The van der Waals surface area contributed by atoms with Gasteiger partial charge in [0.25, 0.3) is 5.91 Å². The molecular formula is C20H15F2NO. The number of para-hydroxylation sites is 1. The van der Waals surface area contributed by atoms with Gasteiger partial charge in [0.1, 0.15) is 11.6 Å². The molecular weight excluding hydrogens is 308 g/mol. The maximum absolute atomic E-state index is 13.7. The topological polar surface area (TPSA) is 29.1 Å².